The monoisotopic (exact) mass is 230 g/mol. The smallest absolute Gasteiger partial charge is 0.143 e. The summed E-state index contributed by atoms with van der Waals surface area (Å²) in [6.07, 6.45) is 1.60. The predicted octanol–water partition coefficient (Wildman–Crippen LogP) is 0.354. The Hall–Kier alpha value is -1.95. The van der Waals surface area contributed by atoms with Gasteiger partial charge in [0.25, 0.3) is 0 Å². The molecule has 0 amide bonds. The first-order valence-electron chi connectivity index (χ1n) is 5.64. The average molecular weight is 230 g/mol. The predicted molar refractivity (Wildman–Crippen MR) is 64.2 cm³/mol. The fraction of sp³-hybridized carbons (Fsp3) is 0.364. The lowest BCUT2D eigenvalue weighted by Gasteiger charge is -2.29. The van der Waals surface area contributed by atoms with Crippen molar-refractivity contribution in [3.05, 3.63) is 30.1 Å². The molecular formula is C11H14N6. The Morgan fingerprint density at radius 3 is 2.94 bits per heavy atom. The second kappa shape index (κ2) is 4.14. The molecule has 88 valence electrons. The summed E-state index contributed by atoms with van der Waals surface area (Å²) in [7, 11) is 0. The van der Waals surface area contributed by atoms with Crippen molar-refractivity contribution >= 4 is 5.69 Å². The second-order valence-corrected chi connectivity index (χ2v) is 4.25. The molecule has 1 fully saturated rings. The Bertz CT molecular complexity index is 503. The van der Waals surface area contributed by atoms with E-state index in [4.69, 9.17) is 0 Å². The molecule has 6 heteroatoms. The van der Waals surface area contributed by atoms with E-state index in [9.17, 15) is 0 Å². The van der Waals surface area contributed by atoms with Crippen LogP contribution in [0.15, 0.2) is 24.5 Å². The summed E-state index contributed by atoms with van der Waals surface area (Å²) in [6.45, 7) is 4.14. The van der Waals surface area contributed by atoms with Crippen LogP contribution in [0.3, 0.4) is 0 Å². The van der Waals surface area contributed by atoms with E-state index < -0.39 is 0 Å². The van der Waals surface area contributed by atoms with E-state index in [0.29, 0.717) is 6.04 Å². The molecule has 0 bridgehead atoms. The van der Waals surface area contributed by atoms with Crippen LogP contribution in [0.25, 0.3) is 5.69 Å². The molecule has 1 aromatic heterocycles. The van der Waals surface area contributed by atoms with Gasteiger partial charge in [0.2, 0.25) is 0 Å². The molecule has 0 atom stereocenters. The van der Waals surface area contributed by atoms with E-state index in [1.807, 2.05) is 6.07 Å². The molecular weight excluding hydrogens is 216 g/mol. The summed E-state index contributed by atoms with van der Waals surface area (Å²) in [5.41, 5.74) is 3.34. The van der Waals surface area contributed by atoms with Crippen molar-refractivity contribution in [1.82, 2.24) is 25.5 Å². The van der Waals surface area contributed by atoms with Crippen LogP contribution in [0.5, 0.6) is 0 Å². The molecule has 1 aliphatic heterocycles. The van der Waals surface area contributed by atoms with Crippen LogP contribution < -0.4 is 10.6 Å². The van der Waals surface area contributed by atoms with E-state index in [0.717, 1.165) is 24.5 Å². The van der Waals surface area contributed by atoms with E-state index in [1.165, 1.54) is 5.56 Å². The van der Waals surface area contributed by atoms with Crippen LogP contribution in [-0.2, 0) is 0 Å². The Morgan fingerprint density at radius 1 is 1.41 bits per heavy atom. The molecule has 0 spiro atoms. The zero-order chi connectivity index (χ0) is 11.7. The number of hydrogen-bond donors (Lipinski definition) is 2. The van der Waals surface area contributed by atoms with Gasteiger partial charge in [0.15, 0.2) is 0 Å². The van der Waals surface area contributed by atoms with Crippen molar-refractivity contribution in [2.75, 3.05) is 18.4 Å². The van der Waals surface area contributed by atoms with Gasteiger partial charge in [-0.1, -0.05) is 6.07 Å². The first-order valence-corrected chi connectivity index (χ1v) is 5.64. The fourth-order valence-electron chi connectivity index (χ4n) is 1.80. The lowest BCUT2D eigenvalue weighted by Crippen LogP contribution is -2.51. The number of rotatable bonds is 3. The molecule has 1 aliphatic rings. The first kappa shape index (κ1) is 10.2. The molecule has 0 aliphatic carbocycles. The number of anilines is 1. The topological polar surface area (TPSA) is 67.7 Å². The van der Waals surface area contributed by atoms with Crippen LogP contribution in [0.1, 0.15) is 5.56 Å². The number of benzene rings is 1. The Balaban J connectivity index is 1.89. The molecule has 2 N–H and O–H groups in total. The van der Waals surface area contributed by atoms with Gasteiger partial charge in [-0.15, -0.1) is 5.10 Å². The maximum atomic E-state index is 3.89. The summed E-state index contributed by atoms with van der Waals surface area (Å²) in [5.74, 6) is 0. The van der Waals surface area contributed by atoms with Crippen molar-refractivity contribution in [1.29, 1.82) is 0 Å². The van der Waals surface area contributed by atoms with E-state index in [2.05, 4.69) is 45.2 Å². The summed E-state index contributed by atoms with van der Waals surface area (Å²) < 4.78 is 1.66. The molecule has 0 saturated carbocycles. The summed E-state index contributed by atoms with van der Waals surface area (Å²) >= 11 is 0. The van der Waals surface area contributed by atoms with Gasteiger partial charge < -0.3 is 10.6 Å². The maximum absolute atomic E-state index is 3.89. The first-order chi connectivity index (χ1) is 8.33. The second-order valence-electron chi connectivity index (χ2n) is 4.25. The summed E-state index contributed by atoms with van der Waals surface area (Å²) in [4.78, 5) is 0. The van der Waals surface area contributed by atoms with Crippen molar-refractivity contribution < 1.29 is 0 Å². The molecule has 0 unspecified atom stereocenters. The van der Waals surface area contributed by atoms with Gasteiger partial charge >= 0.3 is 0 Å². The fourth-order valence-corrected chi connectivity index (χ4v) is 1.80. The Morgan fingerprint density at radius 2 is 2.29 bits per heavy atom. The van der Waals surface area contributed by atoms with Gasteiger partial charge in [-0.3, -0.25) is 0 Å². The van der Waals surface area contributed by atoms with Crippen molar-refractivity contribution in [2.24, 2.45) is 0 Å². The van der Waals surface area contributed by atoms with Crippen LogP contribution in [-0.4, -0.2) is 39.3 Å². The zero-order valence-electron chi connectivity index (χ0n) is 9.59. The average Bonchev–Trinajstić information content (AvgIpc) is 2.79. The molecule has 6 nitrogen and oxygen atoms in total. The molecule has 2 heterocycles. The highest BCUT2D eigenvalue weighted by Crippen LogP contribution is 2.20. The molecule has 17 heavy (non-hydrogen) atoms. The van der Waals surface area contributed by atoms with Gasteiger partial charge in [-0.05, 0) is 35.0 Å². The van der Waals surface area contributed by atoms with Crippen LogP contribution >= 0.6 is 0 Å². The maximum Gasteiger partial charge on any atom is 0.143 e. The number of nitrogens with one attached hydrogen (secondary N) is 2. The third-order valence-corrected chi connectivity index (χ3v) is 2.98. The number of aryl methyl sites for hydroxylation is 1. The SMILES string of the molecule is Cc1ccc(-n2cnnn2)cc1NC1CNC1. The Labute approximate surface area is 99.0 Å². The molecule has 2 aromatic rings. The lowest BCUT2D eigenvalue weighted by atomic mass is 10.1. The van der Waals surface area contributed by atoms with Crippen LogP contribution in [0.4, 0.5) is 5.69 Å². The minimum atomic E-state index is 0.526. The zero-order valence-corrected chi connectivity index (χ0v) is 9.59. The molecule has 0 radical (unpaired) electrons. The minimum absolute atomic E-state index is 0.526. The highest BCUT2D eigenvalue weighted by molar-refractivity contribution is 5.57. The largest absolute Gasteiger partial charge is 0.379 e. The molecule has 1 saturated heterocycles. The summed E-state index contributed by atoms with van der Waals surface area (Å²) in [6, 6.07) is 6.68. The lowest BCUT2D eigenvalue weighted by molar-refractivity contribution is 0.472. The summed E-state index contributed by atoms with van der Waals surface area (Å²) in [5, 5.41) is 17.9. The number of nitrogens with zero attached hydrogens (tertiary/aromatic N) is 4. The standard InChI is InChI=1S/C11H14N6/c1-8-2-3-10(17-7-13-15-16-17)4-11(8)14-9-5-12-6-9/h2-4,7,9,12,14H,5-6H2,1H3. The van der Waals surface area contributed by atoms with E-state index in [1.54, 1.807) is 11.0 Å². The van der Waals surface area contributed by atoms with Gasteiger partial charge in [-0.2, -0.15) is 0 Å². The van der Waals surface area contributed by atoms with E-state index >= 15 is 0 Å². The van der Waals surface area contributed by atoms with Crippen LogP contribution in [0, 0.1) is 6.92 Å². The highest BCUT2D eigenvalue weighted by atomic mass is 15.5. The molecule has 3 rings (SSSR count). The van der Waals surface area contributed by atoms with Crippen LogP contribution in [0.2, 0.25) is 0 Å². The van der Waals surface area contributed by atoms with Crippen molar-refractivity contribution in [3.8, 4) is 5.69 Å². The van der Waals surface area contributed by atoms with Gasteiger partial charge in [-0.25, -0.2) is 4.68 Å². The quantitative estimate of drug-likeness (QED) is 0.796. The van der Waals surface area contributed by atoms with Gasteiger partial charge in [0.1, 0.15) is 6.33 Å². The number of tetrazole rings is 1. The highest BCUT2D eigenvalue weighted by Gasteiger charge is 2.16. The van der Waals surface area contributed by atoms with E-state index in [-0.39, 0.29) is 0 Å². The number of aromatic nitrogens is 4. The number of hydrogen-bond acceptors (Lipinski definition) is 5. The van der Waals surface area contributed by atoms with Gasteiger partial charge in [0, 0.05) is 18.8 Å². The third-order valence-electron chi connectivity index (χ3n) is 2.98. The van der Waals surface area contributed by atoms with Crippen molar-refractivity contribution in [2.45, 2.75) is 13.0 Å². The third kappa shape index (κ3) is 1.99. The Kier molecular flexibility index (Phi) is 2.49. The minimum Gasteiger partial charge on any atom is -0.379 e. The van der Waals surface area contributed by atoms with Crippen molar-refractivity contribution in [3.63, 3.8) is 0 Å². The van der Waals surface area contributed by atoms with Gasteiger partial charge in [0.05, 0.1) is 11.7 Å². The normalized spacial score (nSPS) is 15.6. The molecule has 1 aromatic carbocycles.